The van der Waals surface area contributed by atoms with Crippen LogP contribution in [0, 0.1) is 20.8 Å². The molecular weight excluding hydrogens is 499 g/mol. The number of hydrogen-bond donors (Lipinski definition) is 1. The third kappa shape index (κ3) is 6.54. The van der Waals surface area contributed by atoms with Gasteiger partial charge < -0.3 is 0 Å². The summed E-state index contributed by atoms with van der Waals surface area (Å²) < 4.78 is 69.7. The predicted molar refractivity (Wildman–Crippen MR) is 143 cm³/mol. The molecule has 3 nitrogen and oxygen atoms in total. The van der Waals surface area contributed by atoms with Crippen molar-refractivity contribution >= 4 is 24.2 Å². The molecule has 0 radical (unpaired) electrons. The molecule has 0 bridgehead atoms. The highest BCUT2D eigenvalue weighted by Crippen LogP contribution is 2.35. The highest BCUT2D eigenvalue weighted by molar-refractivity contribution is 7.89. The lowest BCUT2D eigenvalue weighted by atomic mass is 10.0. The molecule has 0 aliphatic carbocycles. The average Bonchev–Trinajstić information content (AvgIpc) is 2.74. The topological polar surface area (TPSA) is 46.2 Å². The Hall–Kier alpha value is -2.68. The van der Waals surface area contributed by atoms with E-state index in [2.05, 4.69) is 24.4 Å². The molecule has 0 aliphatic heterocycles. The van der Waals surface area contributed by atoms with Crippen LogP contribution in [0.1, 0.15) is 39.4 Å². The van der Waals surface area contributed by atoms with E-state index in [0.29, 0.717) is 16.7 Å². The van der Waals surface area contributed by atoms with E-state index in [1.165, 1.54) is 12.1 Å². The Balaban J connectivity index is 2.17. The van der Waals surface area contributed by atoms with E-state index in [0.717, 1.165) is 28.5 Å². The highest BCUT2D eigenvalue weighted by Gasteiger charge is 2.33. The molecule has 0 spiro atoms. The molecule has 36 heavy (non-hydrogen) atoms. The maximum atomic E-state index is 13.8. The summed E-state index contributed by atoms with van der Waals surface area (Å²) in [5.41, 5.74) is 2.93. The molecule has 1 N–H and O–H groups in total. The summed E-state index contributed by atoms with van der Waals surface area (Å²) >= 11 is 0. The first-order valence-electron chi connectivity index (χ1n) is 11.6. The largest absolute Gasteiger partial charge is 0.416 e. The number of halogens is 3. The Morgan fingerprint density at radius 3 is 1.89 bits per heavy atom. The van der Waals surface area contributed by atoms with Crippen molar-refractivity contribution in [3.63, 3.8) is 0 Å². The minimum Gasteiger partial charge on any atom is -0.207 e. The van der Waals surface area contributed by atoms with Crippen molar-refractivity contribution in [3.05, 3.63) is 105 Å². The minimum atomic E-state index is -4.42. The molecule has 3 aromatic carbocycles. The maximum Gasteiger partial charge on any atom is 0.416 e. The zero-order valence-electron chi connectivity index (χ0n) is 21.4. The Kier molecular flexibility index (Phi) is 8.03. The van der Waals surface area contributed by atoms with Crippen molar-refractivity contribution in [3.8, 4) is 0 Å². The summed E-state index contributed by atoms with van der Waals surface area (Å²) in [5.74, 6) is 0. The second kappa shape index (κ2) is 10.4. The van der Waals surface area contributed by atoms with Crippen LogP contribution >= 0.6 is 0 Å². The standard InChI is InChI=1S/C28H32F3NO2SSi/c1-19-16-20(2)27(21(3)17-19)35(33,34)32-26(23-10-8-7-9-11-23)25(36(4,5)6)18-22-12-14-24(15-13-22)28(29,30)31/h7-18,26,32H,1-6H3/b25-18-. The van der Waals surface area contributed by atoms with Crippen molar-refractivity contribution < 1.29 is 21.6 Å². The first-order chi connectivity index (χ1) is 16.6. The van der Waals surface area contributed by atoms with Gasteiger partial charge in [-0.15, -0.1) is 0 Å². The van der Waals surface area contributed by atoms with Crippen molar-refractivity contribution in [2.75, 3.05) is 0 Å². The van der Waals surface area contributed by atoms with Gasteiger partial charge >= 0.3 is 6.18 Å². The molecule has 0 amide bonds. The SMILES string of the molecule is Cc1cc(C)c(S(=O)(=O)NC(/C(=C/c2ccc(C(F)(F)F)cc2)[Si](C)(C)C)c2ccccc2)c(C)c1. The second-order valence-corrected chi connectivity index (χ2v) is 16.9. The van der Waals surface area contributed by atoms with Crippen LogP contribution in [0.2, 0.25) is 19.6 Å². The van der Waals surface area contributed by atoms with E-state index in [1.807, 2.05) is 55.5 Å². The molecule has 3 rings (SSSR count). The molecule has 0 saturated carbocycles. The quantitative estimate of drug-likeness (QED) is 0.319. The van der Waals surface area contributed by atoms with Crippen LogP contribution in [-0.4, -0.2) is 16.5 Å². The van der Waals surface area contributed by atoms with Crippen molar-refractivity contribution in [2.45, 2.75) is 57.5 Å². The Bertz CT molecular complexity index is 1340. The molecule has 0 heterocycles. The fraction of sp³-hybridized carbons (Fsp3) is 0.286. The predicted octanol–water partition coefficient (Wildman–Crippen LogP) is 7.61. The fourth-order valence-corrected chi connectivity index (χ4v) is 7.91. The third-order valence-corrected chi connectivity index (χ3v) is 9.91. The molecule has 0 fully saturated rings. The van der Waals surface area contributed by atoms with Gasteiger partial charge in [-0.2, -0.15) is 17.9 Å². The fourth-order valence-electron chi connectivity index (χ4n) is 4.44. The number of nitrogens with one attached hydrogen (secondary N) is 1. The van der Waals surface area contributed by atoms with Crippen LogP contribution in [-0.2, 0) is 16.2 Å². The molecular formula is C28H32F3NO2SSi. The summed E-state index contributed by atoms with van der Waals surface area (Å²) in [6.07, 6.45) is -2.59. The Morgan fingerprint density at radius 2 is 1.42 bits per heavy atom. The van der Waals surface area contributed by atoms with E-state index < -0.39 is 35.9 Å². The first-order valence-corrected chi connectivity index (χ1v) is 16.6. The Labute approximate surface area is 213 Å². The van der Waals surface area contributed by atoms with E-state index in [9.17, 15) is 21.6 Å². The molecule has 0 aromatic heterocycles. The van der Waals surface area contributed by atoms with Gasteiger partial charge in [0, 0.05) is 0 Å². The third-order valence-electron chi connectivity index (χ3n) is 6.02. The van der Waals surface area contributed by atoms with Crippen LogP contribution in [0.3, 0.4) is 0 Å². The van der Waals surface area contributed by atoms with Gasteiger partial charge in [0.1, 0.15) is 0 Å². The number of hydrogen-bond acceptors (Lipinski definition) is 2. The van der Waals surface area contributed by atoms with Gasteiger partial charge in [-0.05, 0) is 55.2 Å². The number of alkyl halides is 3. The van der Waals surface area contributed by atoms with Crippen LogP contribution in [0.25, 0.3) is 6.08 Å². The van der Waals surface area contributed by atoms with Gasteiger partial charge in [0.15, 0.2) is 0 Å². The number of aryl methyl sites for hydroxylation is 3. The summed E-state index contributed by atoms with van der Waals surface area (Å²) in [5, 5.41) is 0.861. The van der Waals surface area contributed by atoms with Crippen LogP contribution in [0.15, 0.2) is 76.8 Å². The summed E-state index contributed by atoms with van der Waals surface area (Å²) in [6.45, 7) is 11.8. The highest BCUT2D eigenvalue weighted by atomic mass is 32.2. The smallest absolute Gasteiger partial charge is 0.207 e. The second-order valence-electron chi connectivity index (χ2n) is 10.2. The van der Waals surface area contributed by atoms with Crippen LogP contribution in [0.4, 0.5) is 13.2 Å². The number of sulfonamides is 1. The van der Waals surface area contributed by atoms with Crippen LogP contribution < -0.4 is 4.72 Å². The zero-order chi connectivity index (χ0) is 26.9. The van der Waals surface area contributed by atoms with Crippen molar-refractivity contribution in [1.82, 2.24) is 4.72 Å². The lowest BCUT2D eigenvalue weighted by Gasteiger charge is -2.31. The molecule has 192 valence electrons. The molecule has 1 atom stereocenters. The van der Waals surface area contributed by atoms with E-state index in [-0.39, 0.29) is 4.90 Å². The van der Waals surface area contributed by atoms with E-state index >= 15 is 0 Å². The van der Waals surface area contributed by atoms with E-state index in [1.54, 1.807) is 13.8 Å². The van der Waals surface area contributed by atoms with Crippen molar-refractivity contribution in [2.24, 2.45) is 0 Å². The summed E-state index contributed by atoms with van der Waals surface area (Å²) in [4.78, 5) is 0.249. The first kappa shape index (κ1) is 27.9. The molecule has 1 unspecified atom stereocenters. The average molecular weight is 532 g/mol. The molecule has 8 heteroatoms. The normalized spacial score (nSPS) is 14.1. The Morgan fingerprint density at radius 1 is 0.889 bits per heavy atom. The summed E-state index contributed by atoms with van der Waals surface area (Å²) in [6, 6.07) is 17.2. The van der Waals surface area contributed by atoms with Gasteiger partial charge in [0.2, 0.25) is 10.0 Å². The monoisotopic (exact) mass is 531 g/mol. The van der Waals surface area contributed by atoms with Gasteiger partial charge in [0.25, 0.3) is 0 Å². The summed E-state index contributed by atoms with van der Waals surface area (Å²) in [7, 11) is -6.12. The molecule has 3 aromatic rings. The lowest BCUT2D eigenvalue weighted by Crippen LogP contribution is -2.38. The number of benzene rings is 3. The van der Waals surface area contributed by atoms with Gasteiger partial charge in [-0.1, -0.05) is 91.1 Å². The number of rotatable bonds is 7. The van der Waals surface area contributed by atoms with Gasteiger partial charge in [0.05, 0.1) is 24.6 Å². The molecule has 0 saturated heterocycles. The maximum absolute atomic E-state index is 13.8. The lowest BCUT2D eigenvalue weighted by molar-refractivity contribution is -0.137. The molecule has 0 aliphatic rings. The van der Waals surface area contributed by atoms with Crippen LogP contribution in [0.5, 0.6) is 0 Å². The van der Waals surface area contributed by atoms with E-state index in [4.69, 9.17) is 0 Å². The van der Waals surface area contributed by atoms with Gasteiger partial charge in [-0.3, -0.25) is 0 Å². The minimum absolute atomic E-state index is 0.249. The zero-order valence-corrected chi connectivity index (χ0v) is 23.2. The van der Waals surface area contributed by atoms with Gasteiger partial charge in [-0.25, -0.2) is 8.42 Å². The van der Waals surface area contributed by atoms with Crippen molar-refractivity contribution in [1.29, 1.82) is 0 Å².